The molecule has 29 heavy (non-hydrogen) atoms. The average molecular weight is 413 g/mol. The van der Waals surface area contributed by atoms with E-state index in [9.17, 15) is 9.59 Å². The van der Waals surface area contributed by atoms with Gasteiger partial charge in [-0.05, 0) is 32.0 Å². The van der Waals surface area contributed by atoms with Gasteiger partial charge in [-0.3, -0.25) is 14.9 Å². The molecule has 1 atom stereocenters. The first-order chi connectivity index (χ1) is 13.9. The molecule has 0 bridgehead atoms. The van der Waals surface area contributed by atoms with E-state index < -0.39 is 0 Å². The lowest BCUT2D eigenvalue weighted by molar-refractivity contribution is -0.120. The number of hydrogen-bond donors (Lipinski definition) is 2. The summed E-state index contributed by atoms with van der Waals surface area (Å²) >= 11 is 1.29. The number of nitrogens with zero attached hydrogens (tertiary/aromatic N) is 2. The van der Waals surface area contributed by atoms with Gasteiger partial charge in [-0.1, -0.05) is 18.2 Å². The first-order valence-electron chi connectivity index (χ1n) is 9.28. The van der Waals surface area contributed by atoms with Crippen molar-refractivity contribution >= 4 is 34.0 Å². The number of para-hydroxylation sites is 1. The van der Waals surface area contributed by atoms with Crippen LogP contribution in [0.4, 0.5) is 10.8 Å². The fourth-order valence-electron chi connectivity index (χ4n) is 2.77. The summed E-state index contributed by atoms with van der Waals surface area (Å²) in [5.74, 6) is 0.166. The number of benzene rings is 1. The quantitative estimate of drug-likeness (QED) is 0.591. The number of thiazole rings is 1. The number of likely N-dealkylation sites (N-methyl/N-ethyl adjacent to an activating group) is 1. The molecule has 0 spiro atoms. The van der Waals surface area contributed by atoms with E-state index in [0.717, 1.165) is 5.69 Å². The van der Waals surface area contributed by atoms with Crippen LogP contribution in [0.15, 0.2) is 52.5 Å². The van der Waals surface area contributed by atoms with Gasteiger partial charge in [0.2, 0.25) is 5.91 Å². The van der Waals surface area contributed by atoms with Gasteiger partial charge in [-0.25, -0.2) is 4.98 Å². The number of carbonyl (C=O) groups is 2. The van der Waals surface area contributed by atoms with Crippen molar-refractivity contribution in [2.45, 2.75) is 26.3 Å². The summed E-state index contributed by atoms with van der Waals surface area (Å²) < 4.78 is 5.14. The van der Waals surface area contributed by atoms with Gasteiger partial charge in [0.05, 0.1) is 23.9 Å². The third-order valence-corrected chi connectivity index (χ3v) is 5.44. The zero-order valence-electron chi connectivity index (χ0n) is 16.6. The van der Waals surface area contributed by atoms with Gasteiger partial charge in [0.1, 0.15) is 5.76 Å². The van der Waals surface area contributed by atoms with Gasteiger partial charge < -0.3 is 14.6 Å². The fraction of sp³-hybridized carbons (Fsp3) is 0.286. The maximum Gasteiger partial charge on any atom is 0.260 e. The van der Waals surface area contributed by atoms with E-state index in [1.165, 1.54) is 17.6 Å². The molecule has 8 heteroatoms. The molecular weight excluding hydrogens is 388 g/mol. The predicted molar refractivity (Wildman–Crippen MR) is 115 cm³/mol. The number of furan rings is 1. The van der Waals surface area contributed by atoms with Gasteiger partial charge >= 0.3 is 0 Å². The number of carbonyl (C=O) groups excluding carboxylic acids is 2. The molecule has 0 aliphatic carbocycles. The molecule has 0 aliphatic rings. The van der Waals surface area contributed by atoms with Gasteiger partial charge in [0.15, 0.2) is 5.13 Å². The van der Waals surface area contributed by atoms with Crippen LogP contribution in [-0.4, -0.2) is 36.4 Å². The number of anilines is 2. The van der Waals surface area contributed by atoms with Gasteiger partial charge in [-0.2, -0.15) is 0 Å². The minimum absolute atomic E-state index is 0.104. The highest BCUT2D eigenvalue weighted by atomic mass is 32.1. The number of nitrogens with one attached hydrogen (secondary N) is 2. The molecule has 0 saturated carbocycles. The van der Waals surface area contributed by atoms with Crippen LogP contribution >= 0.6 is 11.3 Å². The maximum absolute atomic E-state index is 12.3. The summed E-state index contributed by atoms with van der Waals surface area (Å²) in [6, 6.07) is 11.8. The normalized spacial score (nSPS) is 11.7. The molecule has 0 fully saturated rings. The largest absolute Gasteiger partial charge is 0.469 e. The van der Waals surface area contributed by atoms with Crippen molar-refractivity contribution in [2.75, 3.05) is 23.8 Å². The topological polar surface area (TPSA) is 87.5 Å². The van der Waals surface area contributed by atoms with Crippen molar-refractivity contribution in [3.63, 3.8) is 0 Å². The van der Waals surface area contributed by atoms with E-state index in [1.54, 1.807) is 18.4 Å². The average Bonchev–Trinajstić information content (AvgIpc) is 3.34. The van der Waals surface area contributed by atoms with Crippen LogP contribution in [0.5, 0.6) is 0 Å². The highest BCUT2D eigenvalue weighted by Crippen LogP contribution is 2.18. The van der Waals surface area contributed by atoms with Crippen LogP contribution in [-0.2, 0) is 11.2 Å². The lowest BCUT2D eigenvalue weighted by atomic mass is 10.2. The highest BCUT2D eigenvalue weighted by Gasteiger charge is 2.15. The van der Waals surface area contributed by atoms with Crippen LogP contribution in [0.2, 0.25) is 0 Å². The second-order valence-electron chi connectivity index (χ2n) is 6.76. The fourth-order valence-corrected chi connectivity index (χ4v) is 3.48. The second-order valence-corrected chi connectivity index (χ2v) is 7.62. The van der Waals surface area contributed by atoms with Crippen molar-refractivity contribution in [2.24, 2.45) is 0 Å². The molecule has 0 unspecified atom stereocenters. The molecule has 2 aromatic heterocycles. The van der Waals surface area contributed by atoms with Crippen molar-refractivity contribution in [3.8, 4) is 0 Å². The molecule has 3 rings (SSSR count). The van der Waals surface area contributed by atoms with Crippen molar-refractivity contribution in [3.05, 3.63) is 65.1 Å². The number of amides is 2. The Hall–Kier alpha value is -3.13. The Labute approximate surface area is 173 Å². The molecule has 0 radical (unpaired) electrons. The molecule has 0 aliphatic heterocycles. The minimum Gasteiger partial charge on any atom is -0.469 e. The Morgan fingerprint density at radius 3 is 2.69 bits per heavy atom. The van der Waals surface area contributed by atoms with E-state index in [1.807, 2.05) is 37.4 Å². The number of aryl methyl sites for hydroxylation is 1. The molecule has 3 aromatic rings. The Kier molecular flexibility index (Phi) is 6.66. The Morgan fingerprint density at radius 1 is 1.24 bits per heavy atom. The van der Waals surface area contributed by atoms with Crippen molar-refractivity contribution in [1.29, 1.82) is 0 Å². The van der Waals surface area contributed by atoms with E-state index in [4.69, 9.17) is 4.42 Å². The van der Waals surface area contributed by atoms with Crippen LogP contribution in [0.25, 0.3) is 0 Å². The monoisotopic (exact) mass is 412 g/mol. The van der Waals surface area contributed by atoms with E-state index in [2.05, 4.69) is 27.4 Å². The summed E-state index contributed by atoms with van der Waals surface area (Å²) in [6.45, 7) is 4.31. The first-order valence-corrected chi connectivity index (χ1v) is 10.2. The molecule has 152 valence electrons. The smallest absolute Gasteiger partial charge is 0.260 e. The van der Waals surface area contributed by atoms with Crippen LogP contribution < -0.4 is 15.5 Å². The van der Waals surface area contributed by atoms with Crippen LogP contribution in [0.1, 0.15) is 28.7 Å². The molecule has 2 amide bonds. The van der Waals surface area contributed by atoms with Gasteiger partial charge in [0.25, 0.3) is 5.91 Å². The van der Waals surface area contributed by atoms with Crippen molar-refractivity contribution in [1.82, 2.24) is 10.3 Å². The third-order valence-electron chi connectivity index (χ3n) is 4.64. The summed E-state index contributed by atoms with van der Waals surface area (Å²) in [5.41, 5.74) is 2.19. The number of hydrogen-bond acceptors (Lipinski definition) is 6. The Bertz CT molecular complexity index is 967. The second kappa shape index (κ2) is 9.38. The first kappa shape index (κ1) is 20.6. The minimum atomic E-state index is -0.278. The Morgan fingerprint density at radius 2 is 2.00 bits per heavy atom. The molecule has 2 N–H and O–H groups in total. The molecule has 0 saturated heterocycles. The lowest BCUT2D eigenvalue weighted by Crippen LogP contribution is -2.40. The lowest BCUT2D eigenvalue weighted by Gasteiger charge is -2.27. The van der Waals surface area contributed by atoms with Gasteiger partial charge in [0, 0.05) is 30.7 Å². The maximum atomic E-state index is 12.3. The third kappa shape index (κ3) is 5.45. The van der Waals surface area contributed by atoms with E-state index in [-0.39, 0.29) is 24.3 Å². The summed E-state index contributed by atoms with van der Waals surface area (Å²) in [4.78, 5) is 30.9. The van der Waals surface area contributed by atoms with E-state index in [0.29, 0.717) is 28.7 Å². The zero-order valence-corrected chi connectivity index (χ0v) is 17.5. The molecule has 2 heterocycles. The zero-order chi connectivity index (χ0) is 20.8. The number of aromatic nitrogens is 1. The summed E-state index contributed by atoms with van der Waals surface area (Å²) in [7, 11) is 2.00. The Balaban J connectivity index is 1.47. The summed E-state index contributed by atoms with van der Waals surface area (Å²) in [6.07, 6.45) is 1.64. The van der Waals surface area contributed by atoms with Crippen LogP contribution in [0, 0.1) is 6.92 Å². The number of rotatable bonds is 8. The highest BCUT2D eigenvalue weighted by molar-refractivity contribution is 7.14. The molecular formula is C21H24N4O3S. The van der Waals surface area contributed by atoms with Crippen LogP contribution in [0.3, 0.4) is 0 Å². The standard InChI is InChI=1S/C21H24N4O3S/c1-14(25(3)17-7-5-4-6-8-17)12-22-19(26)11-16-13-29-21(23-16)24-20(27)18-9-10-28-15(18)2/h4-10,13-14H,11-12H2,1-3H3,(H,22,26)(H,23,24,27)/t14-/m0/s1. The molecule has 1 aromatic carbocycles. The summed E-state index contributed by atoms with van der Waals surface area (Å²) in [5, 5.41) is 7.91. The molecule has 7 nitrogen and oxygen atoms in total. The predicted octanol–water partition coefficient (Wildman–Crippen LogP) is 3.48. The van der Waals surface area contributed by atoms with Gasteiger partial charge in [-0.15, -0.1) is 11.3 Å². The SMILES string of the molecule is Cc1occc1C(=O)Nc1nc(CC(=O)NC[C@H](C)N(C)c2ccccc2)cs1. The van der Waals surface area contributed by atoms with Crippen molar-refractivity contribution < 1.29 is 14.0 Å². The van der Waals surface area contributed by atoms with E-state index >= 15 is 0 Å².